The van der Waals surface area contributed by atoms with Crippen molar-refractivity contribution in [1.29, 1.82) is 0 Å². The van der Waals surface area contributed by atoms with Gasteiger partial charge in [0, 0.05) is 24.2 Å². The average Bonchev–Trinajstić information content (AvgIpc) is 3.00. The van der Waals surface area contributed by atoms with E-state index in [2.05, 4.69) is 4.72 Å². The van der Waals surface area contributed by atoms with Gasteiger partial charge >= 0.3 is 0 Å². The van der Waals surface area contributed by atoms with Crippen LogP contribution < -0.4 is 4.72 Å². The monoisotopic (exact) mass is 369 g/mol. The van der Waals surface area contributed by atoms with Crippen LogP contribution in [0.5, 0.6) is 0 Å². The second kappa shape index (κ2) is 7.39. The summed E-state index contributed by atoms with van der Waals surface area (Å²) in [6, 6.07) is 5.87. The van der Waals surface area contributed by atoms with Gasteiger partial charge in [0.15, 0.2) is 0 Å². The minimum Gasteiger partial charge on any atom is -0.301 e. The highest BCUT2D eigenvalue weighted by Gasteiger charge is 2.24. The third-order valence-corrected chi connectivity index (χ3v) is 6.03. The predicted octanol–water partition coefficient (Wildman–Crippen LogP) is 2.55. The molecule has 2 rings (SSSR count). The zero-order valence-electron chi connectivity index (χ0n) is 13.6. The van der Waals surface area contributed by atoms with Crippen LogP contribution in [-0.4, -0.2) is 38.9 Å². The fraction of sp³-hybridized carbons (Fsp3) is 0.333. The van der Waals surface area contributed by atoms with Gasteiger partial charge in [-0.2, -0.15) is 11.3 Å². The van der Waals surface area contributed by atoms with Gasteiger partial charge < -0.3 is 4.90 Å². The van der Waals surface area contributed by atoms with Crippen molar-refractivity contribution in [3.05, 3.63) is 56.3 Å². The molecule has 1 aromatic heterocycles. The normalized spacial score (nSPS) is 13.2. The average molecular weight is 369 g/mol. The lowest BCUT2D eigenvalue weighted by Gasteiger charge is -2.24. The van der Waals surface area contributed by atoms with Gasteiger partial charge in [0.25, 0.3) is 5.69 Å². The molecule has 1 N–H and O–H groups in total. The van der Waals surface area contributed by atoms with Crippen molar-refractivity contribution in [1.82, 2.24) is 9.62 Å². The molecule has 7 nitrogen and oxygen atoms in total. The Morgan fingerprint density at radius 1 is 1.33 bits per heavy atom. The summed E-state index contributed by atoms with van der Waals surface area (Å²) in [7, 11) is -0.104. The Hall–Kier alpha value is -1.81. The first-order chi connectivity index (χ1) is 11.2. The van der Waals surface area contributed by atoms with Crippen LogP contribution in [0.1, 0.15) is 17.2 Å². The lowest BCUT2D eigenvalue weighted by atomic mass is 10.1. The van der Waals surface area contributed by atoms with E-state index in [1.165, 1.54) is 25.1 Å². The van der Waals surface area contributed by atoms with E-state index in [1.807, 2.05) is 35.8 Å². The number of nitrogens with one attached hydrogen (secondary N) is 1. The lowest BCUT2D eigenvalue weighted by molar-refractivity contribution is -0.385. The van der Waals surface area contributed by atoms with Crippen LogP contribution in [-0.2, 0) is 10.0 Å². The van der Waals surface area contributed by atoms with Crippen molar-refractivity contribution in [2.45, 2.75) is 17.9 Å². The Morgan fingerprint density at radius 2 is 2.04 bits per heavy atom. The Kier molecular flexibility index (Phi) is 5.70. The maximum atomic E-state index is 12.6. The summed E-state index contributed by atoms with van der Waals surface area (Å²) in [6.45, 7) is 1.61. The highest BCUT2D eigenvalue weighted by Crippen LogP contribution is 2.25. The van der Waals surface area contributed by atoms with Crippen molar-refractivity contribution >= 4 is 27.0 Å². The van der Waals surface area contributed by atoms with E-state index < -0.39 is 14.9 Å². The van der Waals surface area contributed by atoms with Crippen LogP contribution in [0.15, 0.2) is 39.9 Å². The van der Waals surface area contributed by atoms with E-state index in [1.54, 1.807) is 11.3 Å². The Morgan fingerprint density at radius 3 is 2.58 bits per heavy atom. The van der Waals surface area contributed by atoms with Crippen molar-refractivity contribution in [2.75, 3.05) is 20.6 Å². The molecular formula is C15H19N3O4S2. The van der Waals surface area contributed by atoms with Gasteiger partial charge in [-0.05, 0) is 49.5 Å². The summed E-state index contributed by atoms with van der Waals surface area (Å²) in [5.41, 5.74) is 0.940. The van der Waals surface area contributed by atoms with Crippen molar-refractivity contribution in [3.63, 3.8) is 0 Å². The smallest absolute Gasteiger partial charge is 0.273 e. The molecule has 130 valence electrons. The Labute approximate surface area is 145 Å². The van der Waals surface area contributed by atoms with E-state index in [0.29, 0.717) is 0 Å². The minimum absolute atomic E-state index is 0.0699. The van der Waals surface area contributed by atoms with Gasteiger partial charge in [0.05, 0.1) is 9.82 Å². The van der Waals surface area contributed by atoms with E-state index in [4.69, 9.17) is 0 Å². The van der Waals surface area contributed by atoms with E-state index in [9.17, 15) is 18.5 Å². The predicted molar refractivity (Wildman–Crippen MR) is 93.8 cm³/mol. The largest absolute Gasteiger partial charge is 0.301 e. The number of rotatable bonds is 7. The van der Waals surface area contributed by atoms with Crippen LogP contribution in [0.25, 0.3) is 0 Å². The molecule has 9 heteroatoms. The third-order valence-electron chi connectivity index (χ3n) is 3.76. The number of sulfonamides is 1. The Bertz CT molecular complexity index is 817. The van der Waals surface area contributed by atoms with Crippen LogP contribution in [0.3, 0.4) is 0 Å². The highest BCUT2D eigenvalue weighted by molar-refractivity contribution is 7.89. The second-order valence-electron chi connectivity index (χ2n) is 5.55. The number of hydrogen-bond acceptors (Lipinski definition) is 6. The van der Waals surface area contributed by atoms with Gasteiger partial charge in [0.2, 0.25) is 10.0 Å². The van der Waals surface area contributed by atoms with E-state index >= 15 is 0 Å². The molecule has 0 aliphatic carbocycles. The van der Waals surface area contributed by atoms with Gasteiger partial charge in [-0.25, -0.2) is 13.1 Å². The lowest BCUT2D eigenvalue weighted by Crippen LogP contribution is -2.34. The van der Waals surface area contributed by atoms with Gasteiger partial charge in [-0.15, -0.1) is 0 Å². The van der Waals surface area contributed by atoms with E-state index in [0.717, 1.165) is 5.56 Å². The third kappa shape index (κ3) is 3.99. The second-order valence-corrected chi connectivity index (χ2v) is 8.06. The molecule has 0 spiro atoms. The summed E-state index contributed by atoms with van der Waals surface area (Å²) in [4.78, 5) is 12.3. The fourth-order valence-corrected chi connectivity index (χ4v) is 4.43. The van der Waals surface area contributed by atoms with Crippen LogP contribution >= 0.6 is 11.3 Å². The number of hydrogen-bond donors (Lipinski definition) is 1. The summed E-state index contributed by atoms with van der Waals surface area (Å²) >= 11 is 1.54. The van der Waals surface area contributed by atoms with Crippen LogP contribution in [0, 0.1) is 17.0 Å². The number of nitrogens with zero attached hydrogens (tertiary/aromatic N) is 2. The molecule has 2 aromatic rings. The molecule has 0 amide bonds. The molecule has 0 aliphatic heterocycles. The molecule has 24 heavy (non-hydrogen) atoms. The standard InChI is InChI=1S/C15H19N3O4S2/c1-11-13(18(19)20)5-4-6-15(11)24(21,22)16-9-14(17(2)3)12-7-8-23-10-12/h4-8,10,14,16H,9H2,1-3H3/t14-/m0/s1. The SMILES string of the molecule is Cc1c([N+](=O)[O-])cccc1S(=O)(=O)NC[C@@H](c1ccsc1)N(C)C. The van der Waals surface area contributed by atoms with Crippen molar-refractivity contribution < 1.29 is 13.3 Å². The zero-order valence-corrected chi connectivity index (χ0v) is 15.2. The molecule has 0 bridgehead atoms. The summed E-state index contributed by atoms with van der Waals surface area (Å²) < 4.78 is 27.7. The molecule has 1 aromatic carbocycles. The first kappa shape index (κ1) is 18.5. The van der Waals surface area contributed by atoms with Crippen LogP contribution in [0.2, 0.25) is 0 Å². The molecule has 0 saturated carbocycles. The number of likely N-dealkylation sites (N-methyl/N-ethyl adjacent to an activating group) is 1. The molecule has 1 atom stereocenters. The van der Waals surface area contributed by atoms with Gasteiger partial charge in [-0.3, -0.25) is 10.1 Å². The first-order valence-corrected chi connectivity index (χ1v) is 9.59. The maximum Gasteiger partial charge on any atom is 0.273 e. The topological polar surface area (TPSA) is 92.5 Å². The van der Waals surface area contributed by atoms with Crippen LogP contribution in [0.4, 0.5) is 5.69 Å². The molecule has 0 aliphatic rings. The summed E-state index contributed by atoms with van der Waals surface area (Å²) in [5.74, 6) is 0. The molecule has 0 saturated heterocycles. The minimum atomic E-state index is -3.84. The molecular weight excluding hydrogens is 350 g/mol. The summed E-state index contributed by atoms with van der Waals surface area (Å²) in [5, 5.41) is 14.9. The van der Waals surface area contributed by atoms with Gasteiger partial charge in [0.1, 0.15) is 0 Å². The van der Waals surface area contributed by atoms with Crippen molar-refractivity contribution in [2.24, 2.45) is 0 Å². The number of thiophene rings is 1. The molecule has 1 heterocycles. The zero-order chi connectivity index (χ0) is 17.9. The number of benzene rings is 1. The fourth-order valence-electron chi connectivity index (χ4n) is 2.42. The molecule has 0 unspecified atom stereocenters. The molecule has 0 fully saturated rings. The number of nitro groups is 1. The Balaban J connectivity index is 2.26. The molecule has 0 radical (unpaired) electrons. The highest BCUT2D eigenvalue weighted by atomic mass is 32.2. The summed E-state index contributed by atoms with van der Waals surface area (Å²) in [6.07, 6.45) is 0. The number of nitro benzene ring substituents is 1. The van der Waals surface area contributed by atoms with E-state index in [-0.39, 0.29) is 28.7 Å². The maximum absolute atomic E-state index is 12.6. The van der Waals surface area contributed by atoms with Gasteiger partial charge in [-0.1, -0.05) is 6.07 Å². The first-order valence-electron chi connectivity index (χ1n) is 7.16. The van der Waals surface area contributed by atoms with Crippen molar-refractivity contribution in [3.8, 4) is 0 Å². The quantitative estimate of drug-likeness (QED) is 0.598.